The van der Waals surface area contributed by atoms with E-state index >= 15 is 0 Å². The number of piperidine rings is 3. The van der Waals surface area contributed by atoms with Crippen molar-refractivity contribution < 1.29 is 9.53 Å². The zero-order chi connectivity index (χ0) is 14.0. The summed E-state index contributed by atoms with van der Waals surface area (Å²) in [5.74, 6) is -0.255. The maximum atomic E-state index is 11.4. The van der Waals surface area contributed by atoms with E-state index in [1.54, 1.807) is 0 Å². The molecule has 3 aliphatic rings. The van der Waals surface area contributed by atoms with Crippen molar-refractivity contribution in [3.8, 4) is 0 Å². The number of nitrogens with zero attached hydrogens (tertiary/aromatic N) is 1. The van der Waals surface area contributed by atoms with Gasteiger partial charge < -0.3 is 9.64 Å². The Morgan fingerprint density at radius 2 is 1.75 bits per heavy atom. The van der Waals surface area contributed by atoms with Crippen LogP contribution in [0.1, 0.15) is 41.6 Å². The minimum Gasteiger partial charge on any atom is -0.465 e. The molecule has 0 amide bonds. The number of methoxy groups -OCH3 is 1. The molecule has 3 saturated heterocycles. The molecular weight excluding hydrogens is 250 g/mol. The zero-order valence-corrected chi connectivity index (χ0v) is 12.2. The van der Waals surface area contributed by atoms with Crippen LogP contribution in [-0.4, -0.2) is 37.6 Å². The number of hydrogen-bond donors (Lipinski definition) is 0. The molecule has 3 nitrogen and oxygen atoms in total. The highest BCUT2D eigenvalue weighted by molar-refractivity contribution is 5.89. The summed E-state index contributed by atoms with van der Waals surface area (Å²) in [6, 6.07) is 7.90. The molecule has 1 aromatic carbocycles. The highest BCUT2D eigenvalue weighted by atomic mass is 16.5. The number of ether oxygens (including phenoxy) is 1. The summed E-state index contributed by atoms with van der Waals surface area (Å²) in [6.45, 7) is 3.88. The van der Waals surface area contributed by atoms with Crippen LogP contribution in [0.2, 0.25) is 0 Å². The SMILES string of the molecule is COC(=O)c1ccc(CCC23CCN(CC2)CC3)cc1. The molecule has 20 heavy (non-hydrogen) atoms. The third-order valence-corrected chi connectivity index (χ3v) is 5.19. The molecular formula is C17H23NO2. The fourth-order valence-corrected chi connectivity index (χ4v) is 3.61. The third-order valence-electron chi connectivity index (χ3n) is 5.19. The van der Waals surface area contributed by atoms with Crippen LogP contribution in [-0.2, 0) is 11.2 Å². The molecule has 2 bridgehead atoms. The summed E-state index contributed by atoms with van der Waals surface area (Å²) in [5.41, 5.74) is 2.57. The summed E-state index contributed by atoms with van der Waals surface area (Å²) >= 11 is 0. The minimum atomic E-state index is -0.255. The average Bonchev–Trinajstić information content (AvgIpc) is 2.54. The highest BCUT2D eigenvalue weighted by Gasteiger charge is 2.38. The van der Waals surface area contributed by atoms with Crippen molar-refractivity contribution in [3.63, 3.8) is 0 Å². The Kier molecular flexibility index (Phi) is 3.79. The number of hydrogen-bond acceptors (Lipinski definition) is 3. The van der Waals surface area contributed by atoms with Crippen LogP contribution >= 0.6 is 0 Å². The lowest BCUT2D eigenvalue weighted by Gasteiger charge is -2.48. The van der Waals surface area contributed by atoms with E-state index in [1.165, 1.54) is 58.0 Å². The Morgan fingerprint density at radius 1 is 1.15 bits per heavy atom. The van der Waals surface area contributed by atoms with Crippen LogP contribution in [0.15, 0.2) is 24.3 Å². The van der Waals surface area contributed by atoms with Gasteiger partial charge in [-0.05, 0) is 74.8 Å². The average molecular weight is 273 g/mol. The zero-order valence-electron chi connectivity index (χ0n) is 12.2. The first-order valence-electron chi connectivity index (χ1n) is 7.60. The predicted octanol–water partition coefficient (Wildman–Crippen LogP) is 2.89. The monoisotopic (exact) mass is 273 g/mol. The van der Waals surface area contributed by atoms with Crippen molar-refractivity contribution in [3.05, 3.63) is 35.4 Å². The third kappa shape index (κ3) is 2.73. The van der Waals surface area contributed by atoms with Crippen molar-refractivity contribution in [2.24, 2.45) is 5.41 Å². The Labute approximate surface area is 120 Å². The van der Waals surface area contributed by atoms with Crippen LogP contribution in [0.25, 0.3) is 0 Å². The van der Waals surface area contributed by atoms with E-state index in [9.17, 15) is 4.79 Å². The summed E-state index contributed by atoms with van der Waals surface area (Å²) in [7, 11) is 1.42. The van der Waals surface area contributed by atoms with Crippen molar-refractivity contribution in [2.75, 3.05) is 26.7 Å². The van der Waals surface area contributed by atoms with Gasteiger partial charge in [-0.25, -0.2) is 4.79 Å². The number of aryl methyl sites for hydroxylation is 1. The summed E-state index contributed by atoms with van der Waals surface area (Å²) in [5, 5.41) is 0. The molecule has 0 aromatic heterocycles. The van der Waals surface area contributed by atoms with Crippen molar-refractivity contribution in [2.45, 2.75) is 32.1 Å². The van der Waals surface area contributed by atoms with Crippen molar-refractivity contribution in [1.29, 1.82) is 0 Å². The molecule has 3 aliphatic heterocycles. The molecule has 4 rings (SSSR count). The van der Waals surface area contributed by atoms with Gasteiger partial charge in [-0.3, -0.25) is 0 Å². The molecule has 0 unspecified atom stereocenters. The Hall–Kier alpha value is -1.35. The van der Waals surface area contributed by atoms with Crippen LogP contribution in [0.4, 0.5) is 0 Å². The molecule has 3 heteroatoms. The smallest absolute Gasteiger partial charge is 0.337 e. The molecule has 0 N–H and O–H groups in total. The van der Waals surface area contributed by atoms with Gasteiger partial charge in [0, 0.05) is 0 Å². The van der Waals surface area contributed by atoms with E-state index in [-0.39, 0.29) is 5.97 Å². The summed E-state index contributed by atoms with van der Waals surface area (Å²) in [6.07, 6.45) is 6.52. The Balaban J connectivity index is 1.59. The van der Waals surface area contributed by atoms with Crippen LogP contribution in [0.5, 0.6) is 0 Å². The standard InChI is InChI=1S/C17H23NO2/c1-20-16(19)15-4-2-14(3-5-15)6-7-17-8-11-18(12-9-17)13-10-17/h2-5H,6-13H2,1H3. The predicted molar refractivity (Wildman–Crippen MR) is 78.8 cm³/mol. The van der Waals surface area contributed by atoms with Gasteiger partial charge in [0.1, 0.15) is 0 Å². The van der Waals surface area contributed by atoms with E-state index in [4.69, 9.17) is 4.74 Å². The molecule has 3 fully saturated rings. The van der Waals surface area contributed by atoms with E-state index in [1.807, 2.05) is 12.1 Å². The molecule has 108 valence electrons. The number of esters is 1. The fourth-order valence-electron chi connectivity index (χ4n) is 3.61. The molecule has 0 saturated carbocycles. The van der Waals surface area contributed by atoms with Gasteiger partial charge in [0.2, 0.25) is 0 Å². The van der Waals surface area contributed by atoms with Gasteiger partial charge in [0.15, 0.2) is 0 Å². The number of rotatable bonds is 4. The van der Waals surface area contributed by atoms with Crippen molar-refractivity contribution in [1.82, 2.24) is 4.90 Å². The lowest BCUT2D eigenvalue weighted by molar-refractivity contribution is 0.0201. The number of fused-ring (bicyclic) bond motifs is 3. The first-order chi connectivity index (χ1) is 9.71. The van der Waals surface area contributed by atoms with Gasteiger partial charge in [0.05, 0.1) is 12.7 Å². The van der Waals surface area contributed by atoms with Crippen molar-refractivity contribution >= 4 is 5.97 Å². The van der Waals surface area contributed by atoms with Crippen LogP contribution in [0.3, 0.4) is 0 Å². The number of carbonyl (C=O) groups is 1. The van der Waals surface area contributed by atoms with E-state index in [2.05, 4.69) is 17.0 Å². The van der Waals surface area contributed by atoms with E-state index in [0.717, 1.165) is 6.42 Å². The molecule has 3 heterocycles. The van der Waals surface area contributed by atoms with Gasteiger partial charge in [-0.1, -0.05) is 12.1 Å². The molecule has 0 aliphatic carbocycles. The Bertz CT molecular complexity index is 458. The minimum absolute atomic E-state index is 0.255. The second-order valence-electron chi connectivity index (χ2n) is 6.28. The Morgan fingerprint density at radius 3 is 2.30 bits per heavy atom. The van der Waals surface area contributed by atoms with Crippen LogP contribution < -0.4 is 0 Å². The largest absolute Gasteiger partial charge is 0.465 e. The lowest BCUT2D eigenvalue weighted by Crippen LogP contribution is -2.48. The van der Waals surface area contributed by atoms with Gasteiger partial charge >= 0.3 is 5.97 Å². The topological polar surface area (TPSA) is 29.5 Å². The number of benzene rings is 1. The van der Waals surface area contributed by atoms with Gasteiger partial charge in [0.25, 0.3) is 0 Å². The van der Waals surface area contributed by atoms with E-state index in [0.29, 0.717) is 11.0 Å². The molecule has 1 aromatic rings. The maximum absolute atomic E-state index is 11.4. The molecule has 0 atom stereocenters. The molecule has 0 radical (unpaired) electrons. The summed E-state index contributed by atoms with van der Waals surface area (Å²) < 4.78 is 4.73. The highest BCUT2D eigenvalue weighted by Crippen LogP contribution is 2.43. The lowest BCUT2D eigenvalue weighted by atomic mass is 9.69. The van der Waals surface area contributed by atoms with Gasteiger partial charge in [-0.15, -0.1) is 0 Å². The molecule has 0 spiro atoms. The number of carbonyl (C=O) groups excluding carboxylic acids is 1. The quantitative estimate of drug-likeness (QED) is 0.790. The first-order valence-corrected chi connectivity index (χ1v) is 7.60. The maximum Gasteiger partial charge on any atom is 0.337 e. The first kappa shape index (κ1) is 13.6. The van der Waals surface area contributed by atoms with Crippen LogP contribution in [0, 0.1) is 5.41 Å². The van der Waals surface area contributed by atoms with Gasteiger partial charge in [-0.2, -0.15) is 0 Å². The summed E-state index contributed by atoms with van der Waals surface area (Å²) in [4.78, 5) is 14.0. The van der Waals surface area contributed by atoms with E-state index < -0.39 is 0 Å². The second-order valence-corrected chi connectivity index (χ2v) is 6.28. The second kappa shape index (κ2) is 5.57. The fraction of sp³-hybridized carbons (Fsp3) is 0.588. The normalized spacial score (nSPS) is 28.4.